The Morgan fingerprint density at radius 2 is 0.833 bits per heavy atom. The van der Waals surface area contributed by atoms with Crippen LogP contribution in [0.3, 0.4) is 0 Å². The molecule has 0 aromatic heterocycles. The van der Waals surface area contributed by atoms with Gasteiger partial charge in [0, 0.05) is 6.42 Å². The van der Waals surface area contributed by atoms with Gasteiger partial charge in [-0.2, -0.15) is 0 Å². The van der Waals surface area contributed by atoms with E-state index in [0.717, 1.165) is 0 Å². The molecule has 0 radical (unpaired) electrons. The molecule has 0 aliphatic heterocycles. The summed E-state index contributed by atoms with van der Waals surface area (Å²) in [5.41, 5.74) is 19.8. The molecule has 0 heterocycles. The minimum atomic E-state index is -1.29. The number of carboxylic acid groups (broad SMARTS) is 7. The largest absolute Gasteiger partial charge is 0.481 e. The van der Waals surface area contributed by atoms with Crippen LogP contribution in [0.15, 0.2) is 0 Å². The van der Waals surface area contributed by atoms with Crippen molar-refractivity contribution < 1.29 is 69.3 Å². The molecule has 0 aliphatic rings. The second-order valence-corrected chi connectivity index (χ2v) is 7.07. The Kier molecular flexibility index (Phi) is 23.7. The second-order valence-electron chi connectivity index (χ2n) is 7.07. The lowest BCUT2D eigenvalue weighted by Gasteiger charge is -2.07. The van der Waals surface area contributed by atoms with Crippen molar-refractivity contribution in [2.75, 3.05) is 0 Å². The van der Waals surface area contributed by atoms with E-state index in [9.17, 15) is 33.6 Å². The lowest BCUT2D eigenvalue weighted by atomic mass is 10.1. The number of hydrogen-bond acceptors (Lipinski definition) is 11. The standard InChI is InChI=1S/C5H9NO4.C5H11NO2.2C4H7NO4/c6-3(5(9)10)1-2-4(7)8;1-3(2)4(6)5(7)8;2*5-2(4(8)9)1-3(6)7/h3H,1-2,6H2,(H,7,8)(H,9,10);3-4H,6H2,1-2H3,(H,7,8);2*2H,1,5H2,(H,6,7)(H,8,9)/t3-;4-;2*2-/m0000/s1. The molecule has 4 atom stereocenters. The van der Waals surface area contributed by atoms with Crippen LogP contribution in [-0.4, -0.2) is 102 Å². The minimum absolute atomic E-state index is 0.0208. The van der Waals surface area contributed by atoms with Crippen molar-refractivity contribution in [1.29, 1.82) is 0 Å². The van der Waals surface area contributed by atoms with Crippen molar-refractivity contribution in [3.63, 3.8) is 0 Å². The summed E-state index contributed by atoms with van der Waals surface area (Å²) in [6, 6.07) is -4.35. The fraction of sp³-hybridized carbons (Fsp3) is 0.611. The summed E-state index contributed by atoms with van der Waals surface area (Å²) < 4.78 is 0. The maximum atomic E-state index is 10.0. The first-order chi connectivity index (χ1) is 16.2. The van der Waals surface area contributed by atoms with Crippen LogP contribution in [0.25, 0.3) is 0 Å². The molecule has 18 nitrogen and oxygen atoms in total. The van der Waals surface area contributed by atoms with Gasteiger partial charge in [0.2, 0.25) is 0 Å². The first-order valence-electron chi connectivity index (χ1n) is 9.76. The second kappa shape index (κ2) is 21.6. The summed E-state index contributed by atoms with van der Waals surface area (Å²) in [4.78, 5) is 69.1. The quantitative estimate of drug-likeness (QED) is 0.120. The summed E-state index contributed by atoms with van der Waals surface area (Å²) in [6.07, 6.45) is -1.29. The van der Waals surface area contributed by atoms with Crippen LogP contribution in [0, 0.1) is 5.92 Å². The van der Waals surface area contributed by atoms with Crippen molar-refractivity contribution in [1.82, 2.24) is 0 Å². The van der Waals surface area contributed by atoms with Crippen LogP contribution in [0.4, 0.5) is 0 Å². The van der Waals surface area contributed by atoms with Crippen molar-refractivity contribution in [2.45, 2.75) is 63.7 Å². The molecule has 210 valence electrons. The van der Waals surface area contributed by atoms with Gasteiger partial charge in [0.1, 0.15) is 24.2 Å². The lowest BCUT2D eigenvalue weighted by Crippen LogP contribution is -2.34. The van der Waals surface area contributed by atoms with Crippen molar-refractivity contribution >= 4 is 41.8 Å². The van der Waals surface area contributed by atoms with Crippen LogP contribution < -0.4 is 22.9 Å². The molecule has 0 fully saturated rings. The summed E-state index contributed by atoms with van der Waals surface area (Å²) in [5.74, 6) is -8.10. The van der Waals surface area contributed by atoms with E-state index in [-0.39, 0.29) is 18.8 Å². The maximum Gasteiger partial charge on any atom is 0.321 e. The van der Waals surface area contributed by atoms with Crippen LogP contribution in [0.5, 0.6) is 0 Å². The molecular formula is C18H34N4O14. The predicted octanol–water partition coefficient (Wildman–Crippen LogP) is -2.94. The van der Waals surface area contributed by atoms with Crippen molar-refractivity contribution in [3.8, 4) is 0 Å². The third kappa shape index (κ3) is 30.1. The van der Waals surface area contributed by atoms with E-state index in [1.807, 2.05) is 0 Å². The highest BCUT2D eigenvalue weighted by molar-refractivity contribution is 5.80. The fourth-order valence-electron chi connectivity index (χ4n) is 1.24. The van der Waals surface area contributed by atoms with Gasteiger partial charge < -0.3 is 58.7 Å². The zero-order valence-corrected chi connectivity index (χ0v) is 19.5. The van der Waals surface area contributed by atoms with Crippen LogP contribution in [0.1, 0.15) is 39.5 Å². The highest BCUT2D eigenvalue weighted by atomic mass is 16.4. The Morgan fingerprint density at radius 1 is 0.528 bits per heavy atom. The minimum Gasteiger partial charge on any atom is -0.481 e. The van der Waals surface area contributed by atoms with Gasteiger partial charge in [-0.05, 0) is 12.3 Å². The van der Waals surface area contributed by atoms with Crippen LogP contribution in [0.2, 0.25) is 0 Å². The molecule has 0 amide bonds. The summed E-state index contributed by atoms with van der Waals surface area (Å²) in [6.45, 7) is 3.55. The van der Waals surface area contributed by atoms with Gasteiger partial charge in [-0.3, -0.25) is 33.6 Å². The molecule has 0 saturated carbocycles. The Labute approximate surface area is 204 Å². The number of aliphatic carboxylic acids is 7. The summed E-state index contributed by atoms with van der Waals surface area (Å²) >= 11 is 0. The van der Waals surface area contributed by atoms with Gasteiger partial charge in [-0.25, -0.2) is 0 Å². The molecule has 0 aromatic carbocycles. The Bertz CT molecular complexity index is 711. The van der Waals surface area contributed by atoms with Gasteiger partial charge in [0.05, 0.1) is 12.8 Å². The van der Waals surface area contributed by atoms with E-state index in [4.69, 9.17) is 58.7 Å². The first-order valence-corrected chi connectivity index (χ1v) is 9.76. The third-order valence-corrected chi connectivity index (χ3v) is 3.41. The van der Waals surface area contributed by atoms with E-state index >= 15 is 0 Å². The van der Waals surface area contributed by atoms with Crippen LogP contribution >= 0.6 is 0 Å². The van der Waals surface area contributed by atoms with E-state index in [1.165, 1.54) is 0 Å². The molecule has 0 unspecified atom stereocenters. The predicted molar refractivity (Wildman–Crippen MR) is 119 cm³/mol. The van der Waals surface area contributed by atoms with Crippen molar-refractivity contribution in [2.24, 2.45) is 28.9 Å². The highest BCUT2D eigenvalue weighted by Gasteiger charge is 2.16. The molecule has 0 rings (SSSR count). The number of rotatable bonds is 12. The van der Waals surface area contributed by atoms with Gasteiger partial charge in [0.25, 0.3) is 0 Å². The zero-order chi connectivity index (χ0) is 29.8. The van der Waals surface area contributed by atoms with Crippen LogP contribution in [-0.2, 0) is 33.6 Å². The van der Waals surface area contributed by atoms with Crippen molar-refractivity contribution in [3.05, 3.63) is 0 Å². The normalized spacial score (nSPS) is 12.9. The number of carboxylic acids is 7. The van der Waals surface area contributed by atoms with E-state index in [0.29, 0.717) is 0 Å². The highest BCUT2D eigenvalue weighted by Crippen LogP contribution is 1.96. The smallest absolute Gasteiger partial charge is 0.321 e. The number of nitrogens with two attached hydrogens (primary N) is 4. The third-order valence-electron chi connectivity index (χ3n) is 3.41. The number of carbonyl (C=O) groups is 7. The SMILES string of the molecule is CC(C)[C@H](N)C(=O)O.N[C@@H](CC(=O)O)C(=O)O.N[C@@H](CC(=O)O)C(=O)O.N[C@@H](CCC(=O)O)C(=O)O. The molecular weight excluding hydrogens is 496 g/mol. The van der Waals surface area contributed by atoms with Gasteiger partial charge >= 0.3 is 41.8 Å². The molecule has 0 aliphatic carbocycles. The van der Waals surface area contributed by atoms with E-state index in [2.05, 4.69) is 0 Å². The molecule has 0 aromatic rings. The van der Waals surface area contributed by atoms with E-state index < -0.39 is 78.8 Å². The molecule has 0 saturated heterocycles. The maximum absolute atomic E-state index is 10.0. The molecule has 0 spiro atoms. The van der Waals surface area contributed by atoms with Gasteiger partial charge in [-0.1, -0.05) is 13.8 Å². The Hall–Kier alpha value is -3.87. The lowest BCUT2D eigenvalue weighted by molar-refractivity contribution is -0.144. The average Bonchev–Trinajstić information content (AvgIpc) is 2.71. The zero-order valence-electron chi connectivity index (χ0n) is 19.5. The van der Waals surface area contributed by atoms with E-state index in [1.54, 1.807) is 13.8 Å². The Balaban J connectivity index is -0.000000190. The van der Waals surface area contributed by atoms with Gasteiger partial charge in [-0.15, -0.1) is 0 Å². The monoisotopic (exact) mass is 530 g/mol. The number of hydrogen-bond donors (Lipinski definition) is 11. The Morgan fingerprint density at radius 3 is 0.944 bits per heavy atom. The average molecular weight is 530 g/mol. The summed E-state index contributed by atoms with van der Waals surface area (Å²) in [5, 5.41) is 56.6. The fourth-order valence-corrected chi connectivity index (χ4v) is 1.24. The molecule has 36 heavy (non-hydrogen) atoms. The topological polar surface area (TPSA) is 365 Å². The molecule has 18 heteroatoms. The molecule has 0 bridgehead atoms. The molecule has 15 N–H and O–H groups in total. The van der Waals surface area contributed by atoms with Gasteiger partial charge in [0.15, 0.2) is 0 Å². The first kappa shape index (κ1) is 39.3. The summed E-state index contributed by atoms with van der Waals surface area (Å²) in [7, 11) is 0.